The maximum Gasteiger partial charge on any atom is 0.227 e. The first kappa shape index (κ1) is 21.3. The van der Waals surface area contributed by atoms with Crippen molar-refractivity contribution in [1.29, 1.82) is 0 Å². The van der Waals surface area contributed by atoms with Crippen molar-refractivity contribution in [1.82, 2.24) is 9.80 Å². The SMILES string of the molecule is Cc1cccc(CC(=O)N2CCC3(CC2)C(C(=O)N2CCOCC2)CCS3(=O)=O)c1. The minimum Gasteiger partial charge on any atom is -0.378 e. The van der Waals surface area contributed by atoms with Crippen LogP contribution in [0.4, 0.5) is 0 Å². The number of likely N-dealkylation sites (tertiary alicyclic amines) is 1. The number of amides is 2. The molecule has 7 nitrogen and oxygen atoms in total. The van der Waals surface area contributed by atoms with Gasteiger partial charge in [0.1, 0.15) is 0 Å². The van der Waals surface area contributed by atoms with Crippen LogP contribution in [0.25, 0.3) is 0 Å². The Kier molecular flexibility index (Phi) is 5.90. The molecule has 30 heavy (non-hydrogen) atoms. The Morgan fingerprint density at radius 1 is 1.10 bits per heavy atom. The Hall–Kier alpha value is -1.93. The van der Waals surface area contributed by atoms with E-state index in [4.69, 9.17) is 4.74 Å². The summed E-state index contributed by atoms with van der Waals surface area (Å²) < 4.78 is 30.4. The fraction of sp³-hybridized carbons (Fsp3) is 0.636. The molecular weight excluding hydrogens is 404 g/mol. The predicted octanol–water partition coefficient (Wildman–Crippen LogP) is 1.19. The number of morpholine rings is 1. The van der Waals surface area contributed by atoms with Gasteiger partial charge in [-0.2, -0.15) is 0 Å². The van der Waals surface area contributed by atoms with Gasteiger partial charge in [-0.3, -0.25) is 9.59 Å². The number of nitrogens with zero attached hydrogens (tertiary/aromatic N) is 2. The third kappa shape index (κ3) is 3.87. The zero-order chi connectivity index (χ0) is 21.4. The number of ether oxygens (including phenoxy) is 1. The van der Waals surface area contributed by atoms with Crippen molar-refractivity contribution < 1.29 is 22.7 Å². The fourth-order valence-corrected chi connectivity index (χ4v) is 7.62. The first-order valence-corrected chi connectivity index (χ1v) is 12.4. The number of sulfone groups is 1. The molecule has 0 radical (unpaired) electrons. The summed E-state index contributed by atoms with van der Waals surface area (Å²) in [6, 6.07) is 7.88. The third-order valence-electron chi connectivity index (χ3n) is 6.95. The van der Waals surface area contributed by atoms with Crippen molar-refractivity contribution in [2.24, 2.45) is 5.92 Å². The monoisotopic (exact) mass is 434 g/mol. The lowest BCUT2D eigenvalue weighted by Gasteiger charge is -2.43. The zero-order valence-electron chi connectivity index (χ0n) is 17.5. The molecule has 164 valence electrons. The molecule has 0 N–H and O–H groups in total. The molecule has 1 aromatic rings. The van der Waals surface area contributed by atoms with Crippen molar-refractivity contribution >= 4 is 21.7 Å². The summed E-state index contributed by atoms with van der Waals surface area (Å²) in [6.07, 6.45) is 1.39. The second-order valence-electron chi connectivity index (χ2n) is 8.71. The highest BCUT2D eigenvalue weighted by Crippen LogP contribution is 2.46. The van der Waals surface area contributed by atoms with Gasteiger partial charge in [-0.25, -0.2) is 8.42 Å². The number of rotatable bonds is 3. The minimum atomic E-state index is -3.37. The quantitative estimate of drug-likeness (QED) is 0.714. The van der Waals surface area contributed by atoms with Gasteiger partial charge >= 0.3 is 0 Å². The largest absolute Gasteiger partial charge is 0.378 e. The first-order chi connectivity index (χ1) is 14.3. The van der Waals surface area contributed by atoms with Crippen LogP contribution in [0.15, 0.2) is 24.3 Å². The number of carbonyl (C=O) groups is 2. The second-order valence-corrected chi connectivity index (χ2v) is 11.2. The van der Waals surface area contributed by atoms with Crippen LogP contribution in [0.5, 0.6) is 0 Å². The highest BCUT2D eigenvalue weighted by Gasteiger charge is 2.59. The molecule has 4 rings (SSSR count). The van der Waals surface area contributed by atoms with Crippen molar-refractivity contribution in [3.8, 4) is 0 Å². The van der Waals surface area contributed by atoms with Gasteiger partial charge < -0.3 is 14.5 Å². The summed E-state index contributed by atoms with van der Waals surface area (Å²) in [4.78, 5) is 29.5. The van der Waals surface area contributed by atoms with E-state index in [-0.39, 0.29) is 17.6 Å². The van der Waals surface area contributed by atoms with Crippen LogP contribution in [0.2, 0.25) is 0 Å². The van der Waals surface area contributed by atoms with E-state index in [2.05, 4.69) is 0 Å². The Morgan fingerprint density at radius 3 is 2.47 bits per heavy atom. The Labute approximate surface area is 178 Å². The van der Waals surface area contributed by atoms with Crippen LogP contribution in [0.3, 0.4) is 0 Å². The minimum absolute atomic E-state index is 0.0156. The number of carbonyl (C=O) groups excluding carboxylic acids is 2. The molecule has 0 aromatic heterocycles. The summed E-state index contributed by atoms with van der Waals surface area (Å²) in [5.41, 5.74) is 2.08. The predicted molar refractivity (Wildman–Crippen MR) is 113 cm³/mol. The summed E-state index contributed by atoms with van der Waals surface area (Å²) in [5, 5.41) is 0. The molecule has 1 atom stereocenters. The summed E-state index contributed by atoms with van der Waals surface area (Å²) in [5.74, 6) is -0.485. The lowest BCUT2D eigenvalue weighted by Crippen LogP contribution is -2.56. The number of benzene rings is 1. The molecule has 0 saturated carbocycles. The zero-order valence-corrected chi connectivity index (χ0v) is 18.3. The lowest BCUT2D eigenvalue weighted by molar-refractivity contribution is -0.141. The number of piperidine rings is 1. The summed E-state index contributed by atoms with van der Waals surface area (Å²) >= 11 is 0. The maximum atomic E-state index is 13.2. The number of aryl methyl sites for hydroxylation is 1. The van der Waals surface area contributed by atoms with E-state index in [9.17, 15) is 18.0 Å². The maximum absolute atomic E-state index is 13.2. The second kappa shape index (κ2) is 8.30. The van der Waals surface area contributed by atoms with Crippen molar-refractivity contribution in [3.63, 3.8) is 0 Å². The standard InChI is InChI=1S/C22H30N2O5S/c1-17-3-2-4-18(15-17)16-20(25)23-8-6-22(7-9-23)19(5-14-30(22,27)28)21(26)24-10-12-29-13-11-24/h2-4,15,19H,5-14,16H2,1H3. The van der Waals surface area contributed by atoms with Gasteiger partial charge in [0.15, 0.2) is 9.84 Å². The van der Waals surface area contributed by atoms with Crippen LogP contribution >= 0.6 is 0 Å². The molecule has 3 saturated heterocycles. The van der Waals surface area contributed by atoms with Crippen LogP contribution < -0.4 is 0 Å². The van der Waals surface area contributed by atoms with Crippen molar-refractivity contribution in [3.05, 3.63) is 35.4 Å². The molecule has 1 unspecified atom stereocenters. The molecule has 0 aliphatic carbocycles. The van der Waals surface area contributed by atoms with Gasteiger partial charge in [-0.1, -0.05) is 29.8 Å². The third-order valence-corrected chi connectivity index (χ3v) is 9.66. The van der Waals surface area contributed by atoms with Gasteiger partial charge in [-0.05, 0) is 31.7 Å². The van der Waals surface area contributed by atoms with E-state index >= 15 is 0 Å². The molecule has 2 amide bonds. The highest BCUT2D eigenvalue weighted by molar-refractivity contribution is 7.93. The normalized spacial score (nSPS) is 25.4. The smallest absolute Gasteiger partial charge is 0.227 e. The molecule has 3 aliphatic rings. The average Bonchev–Trinajstić information content (AvgIpc) is 2.99. The van der Waals surface area contributed by atoms with E-state index in [1.807, 2.05) is 31.2 Å². The van der Waals surface area contributed by atoms with Crippen LogP contribution in [0, 0.1) is 12.8 Å². The molecular formula is C22H30N2O5S. The van der Waals surface area contributed by atoms with E-state index in [1.54, 1.807) is 9.80 Å². The van der Waals surface area contributed by atoms with E-state index in [1.165, 1.54) is 0 Å². The fourth-order valence-electron chi connectivity index (χ4n) is 5.21. The van der Waals surface area contributed by atoms with Crippen LogP contribution in [-0.4, -0.2) is 79.9 Å². The molecule has 1 aromatic carbocycles. The summed E-state index contributed by atoms with van der Waals surface area (Å²) in [7, 11) is -3.37. The van der Waals surface area contributed by atoms with E-state index in [0.29, 0.717) is 65.1 Å². The highest BCUT2D eigenvalue weighted by atomic mass is 32.2. The van der Waals surface area contributed by atoms with Gasteiger partial charge in [0.25, 0.3) is 0 Å². The van der Waals surface area contributed by atoms with Crippen LogP contribution in [-0.2, 0) is 30.6 Å². The van der Waals surface area contributed by atoms with Gasteiger partial charge in [0.05, 0.1) is 36.1 Å². The van der Waals surface area contributed by atoms with Gasteiger partial charge in [-0.15, -0.1) is 0 Å². The summed E-state index contributed by atoms with van der Waals surface area (Å²) in [6.45, 7) is 4.81. The molecule has 3 heterocycles. The molecule has 8 heteroatoms. The number of hydrogen-bond donors (Lipinski definition) is 0. The van der Waals surface area contributed by atoms with Gasteiger partial charge in [0.2, 0.25) is 11.8 Å². The average molecular weight is 435 g/mol. The van der Waals surface area contributed by atoms with Crippen molar-refractivity contribution in [2.45, 2.75) is 37.4 Å². The van der Waals surface area contributed by atoms with Gasteiger partial charge in [0, 0.05) is 26.2 Å². The molecule has 3 fully saturated rings. The first-order valence-electron chi connectivity index (χ1n) is 10.7. The Bertz CT molecular complexity index is 915. The van der Waals surface area contributed by atoms with E-state index in [0.717, 1.165) is 11.1 Å². The Morgan fingerprint density at radius 2 is 1.80 bits per heavy atom. The molecule has 0 bridgehead atoms. The number of hydrogen-bond acceptors (Lipinski definition) is 5. The topological polar surface area (TPSA) is 84.0 Å². The Balaban J connectivity index is 1.46. The van der Waals surface area contributed by atoms with E-state index < -0.39 is 20.5 Å². The molecule has 1 spiro atoms. The van der Waals surface area contributed by atoms with Crippen LogP contribution in [0.1, 0.15) is 30.4 Å². The lowest BCUT2D eigenvalue weighted by atomic mass is 9.81. The molecule has 3 aliphatic heterocycles. The van der Waals surface area contributed by atoms with Crippen molar-refractivity contribution in [2.75, 3.05) is 45.1 Å².